The maximum Gasteiger partial charge on any atom is 0.0622 e. The summed E-state index contributed by atoms with van der Waals surface area (Å²) in [7, 11) is 0. The third kappa shape index (κ3) is 4.07. The van der Waals surface area contributed by atoms with Gasteiger partial charge in [0.1, 0.15) is 0 Å². The van der Waals surface area contributed by atoms with Gasteiger partial charge in [0.2, 0.25) is 0 Å². The lowest BCUT2D eigenvalue weighted by atomic mass is 10.1. The fraction of sp³-hybridized carbons (Fsp3) is 1.00. The van der Waals surface area contributed by atoms with Crippen LogP contribution in [-0.2, 0) is 4.74 Å². The van der Waals surface area contributed by atoms with Crippen molar-refractivity contribution in [1.29, 1.82) is 0 Å². The van der Waals surface area contributed by atoms with Crippen molar-refractivity contribution in [2.75, 3.05) is 39.5 Å². The third-order valence-electron chi connectivity index (χ3n) is 2.99. The standard InChI is InChI=1S/C11H24N2O2/c1-3-11-9-15-6-5-13(11)7-10(8-14)12-4-2/h10-12,14H,3-9H2,1-2H3. The van der Waals surface area contributed by atoms with Crippen LogP contribution in [-0.4, -0.2) is 61.5 Å². The van der Waals surface area contributed by atoms with E-state index in [0.717, 1.165) is 39.3 Å². The smallest absolute Gasteiger partial charge is 0.0622 e. The molecule has 0 aliphatic carbocycles. The second-order valence-electron chi connectivity index (χ2n) is 4.07. The van der Waals surface area contributed by atoms with E-state index >= 15 is 0 Å². The highest BCUT2D eigenvalue weighted by atomic mass is 16.5. The highest BCUT2D eigenvalue weighted by Crippen LogP contribution is 2.10. The van der Waals surface area contributed by atoms with Gasteiger partial charge in [0.25, 0.3) is 0 Å². The van der Waals surface area contributed by atoms with E-state index in [1.165, 1.54) is 0 Å². The summed E-state index contributed by atoms with van der Waals surface area (Å²) >= 11 is 0. The fourth-order valence-electron chi connectivity index (χ4n) is 2.06. The molecule has 4 heteroatoms. The molecule has 90 valence electrons. The summed E-state index contributed by atoms with van der Waals surface area (Å²) in [5, 5.41) is 12.5. The van der Waals surface area contributed by atoms with Crippen LogP contribution >= 0.6 is 0 Å². The van der Waals surface area contributed by atoms with Crippen LogP contribution in [0.4, 0.5) is 0 Å². The molecule has 4 nitrogen and oxygen atoms in total. The molecule has 0 aromatic carbocycles. The van der Waals surface area contributed by atoms with Gasteiger partial charge in [-0.2, -0.15) is 0 Å². The number of aliphatic hydroxyl groups excluding tert-OH is 1. The first-order chi connectivity index (χ1) is 7.31. The normalized spacial score (nSPS) is 25.4. The van der Waals surface area contributed by atoms with Crippen LogP contribution in [0.5, 0.6) is 0 Å². The number of hydrogen-bond acceptors (Lipinski definition) is 4. The summed E-state index contributed by atoms with van der Waals surface area (Å²) in [5.41, 5.74) is 0. The van der Waals surface area contributed by atoms with Crippen LogP contribution in [0, 0.1) is 0 Å². The molecule has 15 heavy (non-hydrogen) atoms. The molecule has 0 amide bonds. The Bertz CT molecular complexity index is 167. The van der Waals surface area contributed by atoms with E-state index in [-0.39, 0.29) is 12.6 Å². The number of nitrogens with one attached hydrogen (secondary N) is 1. The maximum atomic E-state index is 9.23. The number of morpholine rings is 1. The van der Waals surface area contributed by atoms with E-state index in [1.54, 1.807) is 0 Å². The molecule has 0 saturated carbocycles. The fourth-order valence-corrected chi connectivity index (χ4v) is 2.06. The van der Waals surface area contributed by atoms with Crippen LogP contribution in [0.2, 0.25) is 0 Å². The van der Waals surface area contributed by atoms with Crippen molar-refractivity contribution < 1.29 is 9.84 Å². The molecule has 0 aromatic heterocycles. The quantitative estimate of drug-likeness (QED) is 0.659. The SMILES string of the molecule is CCNC(CO)CN1CCOCC1CC. The lowest BCUT2D eigenvalue weighted by Gasteiger charge is -2.37. The minimum absolute atomic E-state index is 0.196. The molecule has 0 aromatic rings. The molecule has 1 saturated heterocycles. The highest BCUT2D eigenvalue weighted by molar-refractivity contribution is 4.79. The van der Waals surface area contributed by atoms with Crippen molar-refractivity contribution in [2.45, 2.75) is 32.4 Å². The number of rotatable bonds is 6. The Kier molecular flexibility index (Phi) is 6.17. The molecule has 1 heterocycles. The molecule has 2 unspecified atom stereocenters. The zero-order chi connectivity index (χ0) is 11.1. The molecule has 0 radical (unpaired) electrons. The van der Waals surface area contributed by atoms with E-state index in [2.05, 4.69) is 24.1 Å². The Hall–Kier alpha value is -0.160. The highest BCUT2D eigenvalue weighted by Gasteiger charge is 2.23. The first kappa shape index (κ1) is 12.9. The Balaban J connectivity index is 2.38. The number of likely N-dealkylation sites (N-methyl/N-ethyl adjacent to an activating group) is 1. The van der Waals surface area contributed by atoms with Gasteiger partial charge in [-0.15, -0.1) is 0 Å². The molecule has 0 bridgehead atoms. The third-order valence-corrected chi connectivity index (χ3v) is 2.99. The summed E-state index contributed by atoms with van der Waals surface area (Å²) in [6.07, 6.45) is 1.12. The largest absolute Gasteiger partial charge is 0.395 e. The van der Waals surface area contributed by atoms with Crippen molar-refractivity contribution in [3.8, 4) is 0 Å². The summed E-state index contributed by atoms with van der Waals surface area (Å²) in [5.74, 6) is 0. The summed E-state index contributed by atoms with van der Waals surface area (Å²) in [6.45, 7) is 8.94. The Morgan fingerprint density at radius 3 is 2.93 bits per heavy atom. The van der Waals surface area contributed by atoms with Crippen LogP contribution in [0.15, 0.2) is 0 Å². The maximum absolute atomic E-state index is 9.23. The van der Waals surface area contributed by atoms with E-state index in [1.807, 2.05) is 0 Å². The Labute approximate surface area is 92.6 Å². The number of aliphatic hydroxyl groups is 1. The van der Waals surface area contributed by atoms with Gasteiger partial charge in [-0.05, 0) is 13.0 Å². The summed E-state index contributed by atoms with van der Waals surface area (Å²) in [6, 6.07) is 0.716. The van der Waals surface area contributed by atoms with Crippen molar-refractivity contribution >= 4 is 0 Å². The number of nitrogens with zero attached hydrogens (tertiary/aromatic N) is 1. The van der Waals surface area contributed by atoms with Crippen LogP contribution in [0.3, 0.4) is 0 Å². The van der Waals surface area contributed by atoms with E-state index in [0.29, 0.717) is 6.04 Å². The van der Waals surface area contributed by atoms with Gasteiger partial charge in [-0.3, -0.25) is 4.90 Å². The lowest BCUT2D eigenvalue weighted by Crippen LogP contribution is -2.51. The molecule has 1 aliphatic rings. The Morgan fingerprint density at radius 1 is 1.53 bits per heavy atom. The first-order valence-electron chi connectivity index (χ1n) is 5.97. The minimum atomic E-state index is 0.196. The average molecular weight is 216 g/mol. The Morgan fingerprint density at radius 2 is 2.33 bits per heavy atom. The minimum Gasteiger partial charge on any atom is -0.395 e. The van der Waals surface area contributed by atoms with E-state index in [9.17, 15) is 5.11 Å². The second kappa shape index (κ2) is 7.17. The van der Waals surface area contributed by atoms with Crippen molar-refractivity contribution in [1.82, 2.24) is 10.2 Å². The predicted octanol–water partition coefficient (Wildman–Crippen LogP) is 0.0676. The molecular weight excluding hydrogens is 192 g/mol. The van der Waals surface area contributed by atoms with Gasteiger partial charge in [0, 0.05) is 25.2 Å². The molecule has 1 rings (SSSR count). The van der Waals surface area contributed by atoms with Crippen molar-refractivity contribution in [2.24, 2.45) is 0 Å². The summed E-state index contributed by atoms with van der Waals surface area (Å²) < 4.78 is 5.45. The molecule has 1 aliphatic heterocycles. The zero-order valence-electron chi connectivity index (χ0n) is 9.91. The molecule has 0 spiro atoms. The topological polar surface area (TPSA) is 44.7 Å². The van der Waals surface area contributed by atoms with Gasteiger partial charge in [-0.25, -0.2) is 0 Å². The van der Waals surface area contributed by atoms with Crippen LogP contribution < -0.4 is 5.32 Å². The average Bonchev–Trinajstić information content (AvgIpc) is 2.29. The van der Waals surface area contributed by atoms with Crippen molar-refractivity contribution in [3.05, 3.63) is 0 Å². The monoisotopic (exact) mass is 216 g/mol. The van der Waals surface area contributed by atoms with Crippen molar-refractivity contribution in [3.63, 3.8) is 0 Å². The van der Waals surface area contributed by atoms with Gasteiger partial charge in [0.15, 0.2) is 0 Å². The molecule has 1 fully saturated rings. The first-order valence-corrected chi connectivity index (χ1v) is 5.97. The predicted molar refractivity (Wildman–Crippen MR) is 61.0 cm³/mol. The number of ether oxygens (including phenoxy) is 1. The van der Waals surface area contributed by atoms with Crippen LogP contribution in [0.1, 0.15) is 20.3 Å². The molecule has 2 N–H and O–H groups in total. The molecule has 2 atom stereocenters. The number of hydrogen-bond donors (Lipinski definition) is 2. The van der Waals surface area contributed by atoms with Gasteiger partial charge in [0.05, 0.1) is 19.8 Å². The van der Waals surface area contributed by atoms with Gasteiger partial charge >= 0.3 is 0 Å². The lowest BCUT2D eigenvalue weighted by molar-refractivity contribution is -0.0151. The zero-order valence-corrected chi connectivity index (χ0v) is 9.91. The van der Waals surface area contributed by atoms with Crippen LogP contribution in [0.25, 0.3) is 0 Å². The second-order valence-corrected chi connectivity index (χ2v) is 4.07. The van der Waals surface area contributed by atoms with E-state index in [4.69, 9.17) is 4.74 Å². The van der Waals surface area contributed by atoms with Gasteiger partial charge in [-0.1, -0.05) is 13.8 Å². The summed E-state index contributed by atoms with van der Waals surface area (Å²) in [4.78, 5) is 2.42. The molecular formula is C11H24N2O2. The van der Waals surface area contributed by atoms with Gasteiger partial charge < -0.3 is 15.2 Å². The van der Waals surface area contributed by atoms with E-state index < -0.39 is 0 Å².